The summed E-state index contributed by atoms with van der Waals surface area (Å²) >= 11 is 12.0. The van der Waals surface area contributed by atoms with Crippen LogP contribution < -0.4 is 5.32 Å². The van der Waals surface area contributed by atoms with E-state index in [2.05, 4.69) is 5.32 Å². The first-order valence-corrected chi connectivity index (χ1v) is 7.54. The molecule has 1 saturated heterocycles. The number of rotatable bonds is 6. The third-order valence-electron chi connectivity index (χ3n) is 3.60. The molecule has 2 rings (SSSR count). The van der Waals surface area contributed by atoms with E-state index in [1.54, 1.807) is 18.2 Å². The van der Waals surface area contributed by atoms with Crippen molar-refractivity contribution in [2.75, 3.05) is 13.1 Å². The maximum absolute atomic E-state index is 12.1. The normalized spacial score (nSPS) is 18.7. The third-order valence-corrected chi connectivity index (χ3v) is 4.42. The first kappa shape index (κ1) is 14.8. The summed E-state index contributed by atoms with van der Waals surface area (Å²) in [4.78, 5) is 12.1. The van der Waals surface area contributed by atoms with Gasteiger partial charge in [0.15, 0.2) is 5.78 Å². The fourth-order valence-corrected chi connectivity index (χ4v) is 2.85. The van der Waals surface area contributed by atoms with Gasteiger partial charge in [0.05, 0.1) is 10.0 Å². The van der Waals surface area contributed by atoms with E-state index < -0.39 is 0 Å². The van der Waals surface area contributed by atoms with Gasteiger partial charge in [-0.25, -0.2) is 5.32 Å². The van der Waals surface area contributed by atoms with Crippen molar-refractivity contribution in [1.82, 2.24) is 5.32 Å². The highest BCUT2D eigenvalue weighted by Gasteiger charge is 2.16. The van der Waals surface area contributed by atoms with Crippen molar-refractivity contribution in [2.45, 2.75) is 32.1 Å². The van der Waals surface area contributed by atoms with Crippen molar-refractivity contribution in [3.05, 3.63) is 33.8 Å². The largest absolute Gasteiger partial charge is 0.294 e. The lowest BCUT2D eigenvalue weighted by molar-refractivity contribution is 0.0979. The molecule has 0 saturated carbocycles. The Bertz CT molecular complexity index is 442. The highest BCUT2D eigenvalue weighted by molar-refractivity contribution is 6.43. The topological polar surface area (TPSA) is 31.2 Å². The monoisotopic (exact) mass is 298 g/mol. The molecule has 0 amide bonds. The van der Waals surface area contributed by atoms with Crippen molar-refractivity contribution in [3.63, 3.8) is 0 Å². The fourth-order valence-electron chi connectivity index (χ4n) is 2.45. The molecule has 19 heavy (non-hydrogen) atoms. The Morgan fingerprint density at radius 2 is 2.16 bits per heavy atom. The summed E-state index contributed by atoms with van der Waals surface area (Å²) in [5.74, 6) is 0.827. The molecule has 1 aliphatic heterocycles. The van der Waals surface area contributed by atoms with Crippen LogP contribution in [0.1, 0.15) is 42.5 Å². The lowest BCUT2D eigenvalue weighted by Gasteiger charge is -2.08. The van der Waals surface area contributed by atoms with Crippen LogP contribution in [0.5, 0.6) is 0 Å². The molecule has 1 aromatic rings. The van der Waals surface area contributed by atoms with Crippen LogP contribution in [0, 0.1) is 5.92 Å². The van der Waals surface area contributed by atoms with Crippen molar-refractivity contribution in [1.29, 1.82) is 0 Å². The maximum Gasteiger partial charge on any atom is 0.164 e. The average molecular weight is 299 g/mol. The minimum absolute atomic E-state index is 0.0867. The first-order valence-electron chi connectivity index (χ1n) is 6.79. The number of hydrogen-bond donors (Lipinski definition) is 0. The fraction of sp³-hybridized carbons (Fsp3) is 0.533. The zero-order chi connectivity index (χ0) is 13.7. The van der Waals surface area contributed by atoms with Gasteiger partial charge in [0, 0.05) is 25.1 Å². The second-order valence-electron chi connectivity index (χ2n) is 5.05. The maximum atomic E-state index is 12.1. The third kappa shape index (κ3) is 4.20. The molecule has 1 fully saturated rings. The number of carbonyl (C=O) groups excluding carboxylic acids is 1. The van der Waals surface area contributed by atoms with E-state index in [1.165, 1.54) is 12.8 Å². The van der Waals surface area contributed by atoms with Gasteiger partial charge in [-0.05, 0) is 37.3 Å². The van der Waals surface area contributed by atoms with Crippen LogP contribution in [0.3, 0.4) is 0 Å². The number of carbonyl (C=O) groups is 1. The molecule has 1 radical (unpaired) electrons. The summed E-state index contributed by atoms with van der Waals surface area (Å²) in [5.41, 5.74) is 0.546. The minimum Gasteiger partial charge on any atom is -0.294 e. The van der Waals surface area contributed by atoms with Crippen LogP contribution in [-0.2, 0) is 0 Å². The van der Waals surface area contributed by atoms with Crippen LogP contribution in [0.2, 0.25) is 10.0 Å². The smallest absolute Gasteiger partial charge is 0.164 e. The van der Waals surface area contributed by atoms with E-state index >= 15 is 0 Å². The molecule has 0 aromatic heterocycles. The predicted octanol–water partition coefficient (Wildman–Crippen LogP) is 4.36. The number of benzene rings is 1. The van der Waals surface area contributed by atoms with Gasteiger partial charge >= 0.3 is 0 Å². The lowest BCUT2D eigenvalue weighted by atomic mass is 9.98. The van der Waals surface area contributed by atoms with Gasteiger partial charge in [-0.3, -0.25) is 4.79 Å². The van der Waals surface area contributed by atoms with Crippen molar-refractivity contribution < 1.29 is 4.79 Å². The highest BCUT2D eigenvalue weighted by atomic mass is 35.5. The molecular weight excluding hydrogens is 281 g/mol. The molecule has 1 atom stereocenters. The molecule has 103 valence electrons. The Morgan fingerprint density at radius 3 is 2.89 bits per heavy atom. The molecule has 4 heteroatoms. The summed E-state index contributed by atoms with van der Waals surface area (Å²) in [6.45, 7) is 2.02. The molecule has 1 aliphatic rings. The molecular formula is C15H18Cl2NO. The summed E-state index contributed by atoms with van der Waals surface area (Å²) in [5, 5.41) is 5.17. The van der Waals surface area contributed by atoms with Gasteiger partial charge in [0.2, 0.25) is 0 Å². The lowest BCUT2D eigenvalue weighted by Crippen LogP contribution is -2.04. The minimum atomic E-state index is 0.0867. The second-order valence-corrected chi connectivity index (χ2v) is 5.84. The Morgan fingerprint density at radius 1 is 1.32 bits per heavy atom. The summed E-state index contributed by atoms with van der Waals surface area (Å²) in [6, 6.07) is 5.21. The van der Waals surface area contributed by atoms with Gasteiger partial charge in [0.25, 0.3) is 0 Å². The standard InChI is InChI=1S/C15H18Cl2NO/c16-13-6-3-5-12(15(13)17)14(19)7-2-1-4-11-8-9-18-10-11/h3,5-6,11H,1-2,4,7-10H2. The second kappa shape index (κ2) is 7.28. The number of halogens is 2. The molecule has 1 unspecified atom stereocenters. The Kier molecular flexibility index (Phi) is 5.68. The average Bonchev–Trinajstić information content (AvgIpc) is 2.91. The van der Waals surface area contributed by atoms with Gasteiger partial charge in [0.1, 0.15) is 0 Å². The van der Waals surface area contributed by atoms with Crippen LogP contribution in [0.25, 0.3) is 0 Å². The van der Waals surface area contributed by atoms with Crippen LogP contribution in [-0.4, -0.2) is 18.9 Å². The molecule has 0 bridgehead atoms. The Hall–Kier alpha value is -0.570. The quantitative estimate of drug-likeness (QED) is 0.567. The van der Waals surface area contributed by atoms with Gasteiger partial charge in [-0.15, -0.1) is 0 Å². The van der Waals surface area contributed by atoms with Gasteiger partial charge in [-0.1, -0.05) is 35.7 Å². The zero-order valence-electron chi connectivity index (χ0n) is 10.9. The van der Waals surface area contributed by atoms with Crippen LogP contribution in [0.4, 0.5) is 0 Å². The SMILES string of the molecule is O=C(CCCCC1CC[N]C1)c1cccc(Cl)c1Cl. The highest BCUT2D eigenvalue weighted by Crippen LogP contribution is 2.27. The van der Waals surface area contributed by atoms with Gasteiger partial charge in [-0.2, -0.15) is 0 Å². The van der Waals surface area contributed by atoms with E-state index in [0.717, 1.165) is 31.8 Å². The molecule has 1 heterocycles. The van der Waals surface area contributed by atoms with E-state index in [0.29, 0.717) is 22.0 Å². The zero-order valence-corrected chi connectivity index (χ0v) is 12.4. The van der Waals surface area contributed by atoms with Crippen molar-refractivity contribution in [2.24, 2.45) is 5.92 Å². The Labute approximate surface area is 124 Å². The van der Waals surface area contributed by atoms with E-state index in [-0.39, 0.29) is 5.78 Å². The summed E-state index contributed by atoms with van der Waals surface area (Å²) < 4.78 is 0. The molecule has 0 N–H and O–H groups in total. The predicted molar refractivity (Wildman–Crippen MR) is 79.2 cm³/mol. The molecule has 2 nitrogen and oxygen atoms in total. The molecule has 1 aromatic carbocycles. The number of ketones is 1. The van der Waals surface area contributed by atoms with E-state index in [9.17, 15) is 4.79 Å². The number of nitrogens with zero attached hydrogens (tertiary/aromatic N) is 1. The van der Waals surface area contributed by atoms with Crippen LogP contribution >= 0.6 is 23.2 Å². The van der Waals surface area contributed by atoms with E-state index in [4.69, 9.17) is 23.2 Å². The van der Waals surface area contributed by atoms with Crippen LogP contribution in [0.15, 0.2) is 18.2 Å². The summed E-state index contributed by atoms with van der Waals surface area (Å²) in [7, 11) is 0. The number of hydrogen-bond acceptors (Lipinski definition) is 1. The molecule has 0 spiro atoms. The Balaban J connectivity index is 1.76. The van der Waals surface area contributed by atoms with Gasteiger partial charge < -0.3 is 0 Å². The van der Waals surface area contributed by atoms with Crippen molar-refractivity contribution >= 4 is 29.0 Å². The van der Waals surface area contributed by atoms with Crippen molar-refractivity contribution in [3.8, 4) is 0 Å². The molecule has 0 aliphatic carbocycles. The first-order chi connectivity index (χ1) is 9.18. The number of unbranched alkanes of at least 4 members (excludes halogenated alkanes) is 1. The summed E-state index contributed by atoms with van der Waals surface area (Å²) in [6.07, 6.45) is 4.94. The number of Topliss-reactive ketones (excluding diaryl/α,β-unsaturated/α-hetero) is 1. The van der Waals surface area contributed by atoms with E-state index in [1.807, 2.05) is 0 Å².